The number of halogens is 6. The van der Waals surface area contributed by atoms with E-state index in [9.17, 15) is 26.3 Å². The van der Waals surface area contributed by atoms with Crippen LogP contribution in [0.4, 0.5) is 26.3 Å². The Morgan fingerprint density at radius 1 is 0.952 bits per heavy atom. The maximum absolute atomic E-state index is 10.6. The Kier molecular flexibility index (Phi) is 9.72. The Bertz CT molecular complexity index is 300. The van der Waals surface area contributed by atoms with Crippen molar-refractivity contribution in [3.63, 3.8) is 0 Å². The second-order valence-electron chi connectivity index (χ2n) is 3.61. The molecule has 0 aromatic carbocycles. The number of aliphatic hydroxyl groups is 1. The van der Waals surface area contributed by atoms with Crippen LogP contribution in [0.2, 0.25) is 0 Å². The molecule has 4 N–H and O–H groups in total. The molecule has 21 heavy (non-hydrogen) atoms. The summed E-state index contributed by atoms with van der Waals surface area (Å²) in [6.45, 7) is 1.87. The smallest absolute Gasteiger partial charge is 0.475 e. The van der Waals surface area contributed by atoms with Gasteiger partial charge in [0.2, 0.25) is 0 Å². The van der Waals surface area contributed by atoms with Crippen LogP contribution in [0, 0.1) is 0 Å². The van der Waals surface area contributed by atoms with E-state index in [1.165, 1.54) is 0 Å². The maximum atomic E-state index is 10.6. The van der Waals surface area contributed by atoms with Gasteiger partial charge in [-0.05, 0) is 19.4 Å². The third-order valence-corrected chi connectivity index (χ3v) is 1.76. The van der Waals surface area contributed by atoms with Crippen molar-refractivity contribution in [2.45, 2.75) is 31.3 Å². The zero-order chi connectivity index (χ0) is 17.3. The molecule has 6 nitrogen and oxygen atoms in total. The minimum absolute atomic E-state index is 0.0752. The summed E-state index contributed by atoms with van der Waals surface area (Å²) in [5.74, 6) is -5.51. The van der Waals surface area contributed by atoms with Gasteiger partial charge in [-0.15, -0.1) is 0 Å². The molecular weight excluding hydrogens is 316 g/mol. The standard InChI is InChI=1S/C5H11NO.2C2HF3O2/c7-5-2-1-3-6-4-5;2*3-2(4,5)1(6)7/h5-7H,1-4H2;2*(H,6,7). The van der Waals surface area contributed by atoms with Crippen molar-refractivity contribution in [1.82, 2.24) is 5.32 Å². The third-order valence-electron chi connectivity index (χ3n) is 1.76. The number of hydrogen-bond donors (Lipinski definition) is 4. The Morgan fingerprint density at radius 3 is 1.38 bits per heavy atom. The highest BCUT2D eigenvalue weighted by Crippen LogP contribution is 2.13. The van der Waals surface area contributed by atoms with Crippen molar-refractivity contribution in [3.8, 4) is 0 Å². The third kappa shape index (κ3) is 14.7. The van der Waals surface area contributed by atoms with Crippen molar-refractivity contribution in [1.29, 1.82) is 0 Å². The highest BCUT2D eigenvalue weighted by molar-refractivity contribution is 5.73. The predicted molar refractivity (Wildman–Crippen MR) is 55.5 cm³/mol. The van der Waals surface area contributed by atoms with Crippen molar-refractivity contribution in [3.05, 3.63) is 0 Å². The molecule has 1 fully saturated rings. The van der Waals surface area contributed by atoms with Crippen molar-refractivity contribution in [2.75, 3.05) is 13.1 Å². The zero-order valence-corrected chi connectivity index (χ0v) is 10.3. The molecule has 0 amide bonds. The lowest BCUT2D eigenvalue weighted by Crippen LogP contribution is -2.33. The summed E-state index contributed by atoms with van der Waals surface area (Å²) in [7, 11) is 0. The minimum atomic E-state index is -5.08. The van der Waals surface area contributed by atoms with Crippen LogP contribution < -0.4 is 5.32 Å². The van der Waals surface area contributed by atoms with E-state index in [1.54, 1.807) is 0 Å². The lowest BCUT2D eigenvalue weighted by molar-refractivity contribution is -0.193. The lowest BCUT2D eigenvalue weighted by Gasteiger charge is -2.16. The number of alkyl halides is 6. The second kappa shape index (κ2) is 9.39. The van der Waals surface area contributed by atoms with Gasteiger partial charge in [0, 0.05) is 6.54 Å². The molecule has 0 radical (unpaired) electrons. The first-order chi connectivity index (χ1) is 9.28. The van der Waals surface area contributed by atoms with Crippen LogP contribution in [-0.2, 0) is 9.59 Å². The first-order valence-corrected chi connectivity index (χ1v) is 5.27. The number of nitrogens with one attached hydrogen (secondary N) is 1. The quantitative estimate of drug-likeness (QED) is 0.494. The number of carbonyl (C=O) groups is 2. The number of hydrogen-bond acceptors (Lipinski definition) is 4. The van der Waals surface area contributed by atoms with Gasteiger partial charge in [0.15, 0.2) is 0 Å². The van der Waals surface area contributed by atoms with Gasteiger partial charge < -0.3 is 20.6 Å². The molecule has 126 valence electrons. The van der Waals surface area contributed by atoms with E-state index in [2.05, 4.69) is 5.32 Å². The van der Waals surface area contributed by atoms with Crippen LogP contribution in [0.3, 0.4) is 0 Å². The summed E-state index contributed by atoms with van der Waals surface area (Å²) in [5, 5.41) is 26.2. The topological polar surface area (TPSA) is 107 Å². The van der Waals surface area contributed by atoms with E-state index in [-0.39, 0.29) is 6.10 Å². The summed E-state index contributed by atoms with van der Waals surface area (Å²) < 4.78 is 63.5. The molecule has 1 saturated heterocycles. The normalized spacial score (nSPS) is 18.5. The molecule has 1 heterocycles. The molecule has 0 aliphatic carbocycles. The van der Waals surface area contributed by atoms with Crippen LogP contribution in [0.5, 0.6) is 0 Å². The Hall–Kier alpha value is -1.56. The van der Waals surface area contributed by atoms with Crippen LogP contribution in [0.1, 0.15) is 12.8 Å². The molecule has 1 unspecified atom stereocenters. The Labute approximate surface area is 114 Å². The van der Waals surface area contributed by atoms with E-state index in [0.717, 1.165) is 25.9 Å². The summed E-state index contributed by atoms with van der Waals surface area (Å²) >= 11 is 0. The Morgan fingerprint density at radius 2 is 1.29 bits per heavy atom. The van der Waals surface area contributed by atoms with E-state index in [4.69, 9.17) is 24.9 Å². The van der Waals surface area contributed by atoms with Crippen molar-refractivity contribution >= 4 is 11.9 Å². The van der Waals surface area contributed by atoms with Gasteiger partial charge in [-0.3, -0.25) is 0 Å². The fraction of sp³-hybridized carbons (Fsp3) is 0.778. The van der Waals surface area contributed by atoms with Gasteiger partial charge in [-0.1, -0.05) is 0 Å². The minimum Gasteiger partial charge on any atom is -0.475 e. The molecular formula is C9H13F6NO5. The number of aliphatic carboxylic acids is 2. The number of piperidine rings is 1. The molecule has 1 aliphatic heterocycles. The highest BCUT2D eigenvalue weighted by atomic mass is 19.4. The fourth-order valence-electron chi connectivity index (χ4n) is 0.833. The second-order valence-corrected chi connectivity index (χ2v) is 3.61. The summed E-state index contributed by atoms with van der Waals surface area (Å²) in [6.07, 6.45) is -8.14. The van der Waals surface area contributed by atoms with E-state index in [0.29, 0.717) is 0 Å². The van der Waals surface area contributed by atoms with Gasteiger partial charge in [0.25, 0.3) is 0 Å². The zero-order valence-electron chi connectivity index (χ0n) is 10.3. The van der Waals surface area contributed by atoms with Crippen LogP contribution >= 0.6 is 0 Å². The van der Waals surface area contributed by atoms with Crippen LogP contribution in [-0.4, -0.2) is 58.8 Å². The van der Waals surface area contributed by atoms with Gasteiger partial charge in [-0.25, -0.2) is 9.59 Å². The molecule has 0 aromatic heterocycles. The maximum Gasteiger partial charge on any atom is 0.490 e. The fourth-order valence-corrected chi connectivity index (χ4v) is 0.833. The molecule has 1 rings (SSSR count). The van der Waals surface area contributed by atoms with Gasteiger partial charge >= 0.3 is 24.3 Å². The average molecular weight is 329 g/mol. The van der Waals surface area contributed by atoms with Crippen LogP contribution in [0.15, 0.2) is 0 Å². The van der Waals surface area contributed by atoms with Crippen molar-refractivity contribution in [2.24, 2.45) is 0 Å². The molecule has 0 saturated carbocycles. The number of rotatable bonds is 0. The molecule has 0 spiro atoms. The SMILES string of the molecule is O=C(O)C(F)(F)F.O=C(O)C(F)(F)F.OC1CCCNC1. The average Bonchev–Trinajstić information content (AvgIpc) is 2.28. The van der Waals surface area contributed by atoms with Gasteiger partial charge in [0.1, 0.15) is 0 Å². The highest BCUT2D eigenvalue weighted by Gasteiger charge is 2.38. The van der Waals surface area contributed by atoms with Crippen LogP contribution in [0.25, 0.3) is 0 Å². The van der Waals surface area contributed by atoms with E-state index in [1.807, 2.05) is 0 Å². The largest absolute Gasteiger partial charge is 0.490 e. The van der Waals surface area contributed by atoms with Gasteiger partial charge in [-0.2, -0.15) is 26.3 Å². The molecule has 0 bridgehead atoms. The van der Waals surface area contributed by atoms with E-state index < -0.39 is 24.3 Å². The molecule has 0 aromatic rings. The van der Waals surface area contributed by atoms with E-state index >= 15 is 0 Å². The summed E-state index contributed by atoms with van der Waals surface area (Å²) in [5.41, 5.74) is 0. The summed E-state index contributed by atoms with van der Waals surface area (Å²) in [6, 6.07) is 0. The summed E-state index contributed by atoms with van der Waals surface area (Å²) in [4.78, 5) is 17.8. The van der Waals surface area contributed by atoms with Gasteiger partial charge in [0.05, 0.1) is 6.10 Å². The first-order valence-electron chi connectivity index (χ1n) is 5.27. The number of carboxylic acids is 2. The Balaban J connectivity index is 0. The first kappa shape index (κ1) is 21.7. The van der Waals surface area contributed by atoms with Crippen molar-refractivity contribution < 1.29 is 51.3 Å². The molecule has 1 aliphatic rings. The monoisotopic (exact) mass is 329 g/mol. The predicted octanol–water partition coefficient (Wildman–Crippen LogP) is 0.997. The number of carboxylic acid groups (broad SMARTS) is 2. The number of β-amino-alcohol motifs (C(OH)–C–C–N with tert-alkyl or cyclic N) is 1. The molecule has 1 atom stereocenters. The molecule has 12 heteroatoms. The number of aliphatic hydroxyl groups excluding tert-OH is 1. The lowest BCUT2D eigenvalue weighted by atomic mass is 10.1.